The number of carbonyl (C=O) groups is 2. The predicted molar refractivity (Wildman–Crippen MR) is 165 cm³/mol. The molecule has 2 aromatic carbocycles. The van der Waals surface area contributed by atoms with Crippen molar-refractivity contribution in [2.75, 3.05) is 18.2 Å². The van der Waals surface area contributed by atoms with Crippen molar-refractivity contribution in [3.05, 3.63) is 80.3 Å². The van der Waals surface area contributed by atoms with Gasteiger partial charge in [-0.05, 0) is 37.1 Å². The average molecular weight is 609 g/mol. The van der Waals surface area contributed by atoms with Gasteiger partial charge < -0.3 is 14.6 Å². The van der Waals surface area contributed by atoms with Crippen LogP contribution in [-0.4, -0.2) is 39.5 Å². The van der Waals surface area contributed by atoms with Crippen molar-refractivity contribution >= 4 is 62.9 Å². The van der Waals surface area contributed by atoms with Gasteiger partial charge >= 0.3 is 5.97 Å². The number of esters is 1. The Balaban J connectivity index is 1.33. The van der Waals surface area contributed by atoms with Gasteiger partial charge in [-0.15, -0.1) is 32.9 Å². The molecule has 0 aliphatic carbocycles. The van der Waals surface area contributed by atoms with Gasteiger partial charge in [-0.1, -0.05) is 65.3 Å². The first-order valence-corrected chi connectivity index (χ1v) is 15.3. The predicted octanol–water partition coefficient (Wildman–Crippen LogP) is 7.73. The molecule has 3 aromatic heterocycles. The van der Waals surface area contributed by atoms with Gasteiger partial charge in [0.1, 0.15) is 10.6 Å². The summed E-state index contributed by atoms with van der Waals surface area (Å²) in [7, 11) is 3.21. The average Bonchev–Trinajstić information content (AvgIpc) is 3.64. The van der Waals surface area contributed by atoms with Gasteiger partial charge in [0.05, 0.1) is 12.9 Å². The first kappa shape index (κ1) is 28.1. The molecule has 0 bridgehead atoms. The Bertz CT molecular complexity index is 1690. The second-order valence-electron chi connectivity index (χ2n) is 9.00. The summed E-state index contributed by atoms with van der Waals surface area (Å²) in [5, 5.41) is 17.2. The molecule has 0 fully saturated rings. The number of aromatic nitrogens is 3. The van der Waals surface area contributed by atoms with Crippen molar-refractivity contribution in [3.63, 3.8) is 0 Å². The van der Waals surface area contributed by atoms with Crippen LogP contribution >= 0.6 is 46.0 Å². The Kier molecular flexibility index (Phi) is 8.41. The van der Waals surface area contributed by atoms with Gasteiger partial charge in [-0.2, -0.15) is 0 Å². The molecule has 7 nitrogen and oxygen atoms in total. The molecule has 0 aliphatic heterocycles. The number of rotatable bonds is 8. The molecule has 3 heterocycles. The molecule has 204 valence electrons. The van der Waals surface area contributed by atoms with E-state index in [0.717, 1.165) is 28.1 Å². The molecule has 0 unspecified atom stereocenters. The van der Waals surface area contributed by atoms with E-state index >= 15 is 0 Å². The molecule has 1 N–H and O–H groups in total. The summed E-state index contributed by atoms with van der Waals surface area (Å²) >= 11 is 10.2. The quantitative estimate of drug-likeness (QED) is 0.143. The SMILES string of the molecule is COC(=O)c1c(-c2ccc(Cl)cc2)csc1NC(=O)CSc1nnc(-c2csc(C)c2-c2ccc(C)cc2)n1C. The highest BCUT2D eigenvalue weighted by molar-refractivity contribution is 7.99. The second-order valence-corrected chi connectivity index (χ2v) is 12.3. The van der Waals surface area contributed by atoms with E-state index in [1.165, 1.54) is 40.6 Å². The lowest BCUT2D eigenvalue weighted by Crippen LogP contribution is -2.16. The van der Waals surface area contributed by atoms with Crippen molar-refractivity contribution in [2.24, 2.45) is 7.05 Å². The van der Waals surface area contributed by atoms with Crippen molar-refractivity contribution in [2.45, 2.75) is 19.0 Å². The van der Waals surface area contributed by atoms with Crippen molar-refractivity contribution in [1.82, 2.24) is 14.8 Å². The highest BCUT2D eigenvalue weighted by Crippen LogP contribution is 2.39. The maximum absolute atomic E-state index is 12.9. The molecular formula is C29H25ClN4O3S3. The van der Waals surface area contributed by atoms with Crippen LogP contribution < -0.4 is 5.32 Å². The molecule has 0 saturated heterocycles. The number of hydrogen-bond donors (Lipinski definition) is 1. The number of halogens is 1. The largest absolute Gasteiger partial charge is 0.465 e. The third-order valence-electron chi connectivity index (χ3n) is 6.31. The van der Waals surface area contributed by atoms with Crippen LogP contribution in [0.1, 0.15) is 20.8 Å². The van der Waals surface area contributed by atoms with E-state index < -0.39 is 5.97 Å². The van der Waals surface area contributed by atoms with Crippen molar-refractivity contribution in [3.8, 4) is 33.6 Å². The molecule has 5 rings (SSSR count). The molecule has 11 heteroatoms. The van der Waals surface area contributed by atoms with E-state index in [4.69, 9.17) is 16.3 Å². The molecule has 40 heavy (non-hydrogen) atoms. The second kappa shape index (κ2) is 12.0. The van der Waals surface area contributed by atoms with Crippen LogP contribution in [0.2, 0.25) is 5.02 Å². The number of anilines is 1. The lowest BCUT2D eigenvalue weighted by atomic mass is 10.0. The number of ether oxygens (including phenoxy) is 1. The number of benzene rings is 2. The van der Waals surface area contributed by atoms with Gasteiger partial charge in [-0.3, -0.25) is 4.79 Å². The van der Waals surface area contributed by atoms with Gasteiger partial charge in [-0.25, -0.2) is 4.79 Å². The minimum Gasteiger partial charge on any atom is -0.465 e. The smallest absolute Gasteiger partial charge is 0.341 e. The molecule has 0 spiro atoms. The maximum atomic E-state index is 12.9. The van der Waals surface area contributed by atoms with E-state index in [1.54, 1.807) is 23.5 Å². The number of hydrogen-bond acceptors (Lipinski definition) is 8. The monoisotopic (exact) mass is 608 g/mol. The molecule has 5 aromatic rings. The molecule has 0 radical (unpaired) electrons. The number of nitrogens with zero attached hydrogens (tertiary/aromatic N) is 3. The fourth-order valence-corrected chi connectivity index (χ4v) is 6.94. The number of thiophene rings is 2. The van der Waals surface area contributed by atoms with E-state index in [-0.39, 0.29) is 11.7 Å². The van der Waals surface area contributed by atoms with Crippen LogP contribution in [0.4, 0.5) is 5.00 Å². The van der Waals surface area contributed by atoms with E-state index in [2.05, 4.69) is 59.0 Å². The minimum atomic E-state index is -0.525. The van der Waals surface area contributed by atoms with Crippen LogP contribution in [0, 0.1) is 13.8 Å². The minimum absolute atomic E-state index is 0.0915. The number of aryl methyl sites for hydroxylation is 2. The third-order valence-corrected chi connectivity index (χ3v) is 9.39. The molecule has 0 saturated carbocycles. The normalized spacial score (nSPS) is 11.0. The summed E-state index contributed by atoms with van der Waals surface area (Å²) in [5.41, 5.74) is 6.27. The summed E-state index contributed by atoms with van der Waals surface area (Å²) in [6.07, 6.45) is 0. The number of thioether (sulfide) groups is 1. The first-order chi connectivity index (χ1) is 19.3. The van der Waals surface area contributed by atoms with Crippen LogP contribution in [0.25, 0.3) is 33.6 Å². The lowest BCUT2D eigenvalue weighted by Gasteiger charge is -2.09. The Morgan fingerprint density at radius 1 is 0.975 bits per heavy atom. The van der Waals surface area contributed by atoms with Gasteiger partial charge in [0.25, 0.3) is 0 Å². The number of nitrogens with one attached hydrogen (secondary N) is 1. The highest BCUT2D eigenvalue weighted by Gasteiger charge is 2.23. The number of amides is 1. The molecule has 0 aliphatic rings. The zero-order valence-corrected chi connectivity index (χ0v) is 25.4. The van der Waals surface area contributed by atoms with Gasteiger partial charge in [0, 0.05) is 44.4 Å². The van der Waals surface area contributed by atoms with E-state index in [0.29, 0.717) is 26.3 Å². The van der Waals surface area contributed by atoms with E-state index in [1.807, 2.05) is 29.1 Å². The van der Waals surface area contributed by atoms with Crippen LogP contribution in [0.5, 0.6) is 0 Å². The molecule has 1 amide bonds. The summed E-state index contributed by atoms with van der Waals surface area (Å²) in [6.45, 7) is 4.17. The zero-order valence-electron chi connectivity index (χ0n) is 22.1. The summed E-state index contributed by atoms with van der Waals surface area (Å²) in [6, 6.07) is 15.6. The Hall–Kier alpha value is -3.44. The van der Waals surface area contributed by atoms with Gasteiger partial charge in [0.15, 0.2) is 11.0 Å². The van der Waals surface area contributed by atoms with Crippen molar-refractivity contribution in [1.29, 1.82) is 0 Å². The van der Waals surface area contributed by atoms with Gasteiger partial charge in [0.2, 0.25) is 5.91 Å². The fourth-order valence-electron chi connectivity index (χ4n) is 4.26. The highest BCUT2D eigenvalue weighted by atomic mass is 35.5. The van der Waals surface area contributed by atoms with Crippen LogP contribution in [0.3, 0.4) is 0 Å². The summed E-state index contributed by atoms with van der Waals surface area (Å²) < 4.78 is 6.91. The molecular weight excluding hydrogens is 584 g/mol. The Labute approximate surface area is 249 Å². The van der Waals surface area contributed by atoms with Crippen LogP contribution in [0.15, 0.2) is 64.4 Å². The Morgan fingerprint density at radius 3 is 2.35 bits per heavy atom. The fraction of sp³-hybridized carbons (Fsp3) is 0.172. The summed E-state index contributed by atoms with van der Waals surface area (Å²) in [4.78, 5) is 26.8. The molecule has 0 atom stereocenters. The topological polar surface area (TPSA) is 86.1 Å². The van der Waals surface area contributed by atoms with Crippen LogP contribution in [-0.2, 0) is 16.6 Å². The number of methoxy groups -OCH3 is 1. The Morgan fingerprint density at radius 2 is 1.65 bits per heavy atom. The van der Waals surface area contributed by atoms with Crippen molar-refractivity contribution < 1.29 is 14.3 Å². The standard InChI is InChI=1S/C29H25ClN4O3S3/c1-16-5-7-19(8-6-16)24-17(2)38-14-22(24)26-32-33-29(34(26)3)40-15-23(35)31-27-25(28(36)37-4)21(13-39-27)18-9-11-20(30)12-10-18/h5-14H,15H2,1-4H3,(H,31,35). The number of carbonyl (C=O) groups excluding carboxylic acids is 2. The maximum Gasteiger partial charge on any atom is 0.341 e. The first-order valence-electron chi connectivity index (χ1n) is 12.2. The summed E-state index contributed by atoms with van der Waals surface area (Å²) in [5.74, 6) is 0.0361. The van der Waals surface area contributed by atoms with E-state index in [9.17, 15) is 9.59 Å². The zero-order chi connectivity index (χ0) is 28.4. The third kappa shape index (κ3) is 5.71. The lowest BCUT2D eigenvalue weighted by molar-refractivity contribution is -0.113.